The van der Waals surface area contributed by atoms with Gasteiger partial charge < -0.3 is 9.80 Å². The van der Waals surface area contributed by atoms with Crippen molar-refractivity contribution in [3.05, 3.63) is 31.9 Å². The highest BCUT2D eigenvalue weighted by Crippen LogP contribution is 2.36. The molecule has 0 N–H and O–H groups in total. The fourth-order valence-corrected chi connectivity index (χ4v) is 7.06. The Morgan fingerprint density at radius 3 is 2.05 bits per heavy atom. The van der Waals surface area contributed by atoms with Crippen molar-refractivity contribution in [2.24, 2.45) is 0 Å². The van der Waals surface area contributed by atoms with Crippen LogP contribution < -0.4 is 10.5 Å². The molecule has 1 aromatic rings. The van der Waals surface area contributed by atoms with E-state index in [0.717, 1.165) is 63.4 Å². The van der Waals surface area contributed by atoms with Crippen LogP contribution >= 0.6 is 24.0 Å². The van der Waals surface area contributed by atoms with E-state index in [1.165, 1.54) is 63.1 Å². The number of piperazine rings is 1. The number of carbonyl (C=O) groups excluding carboxylic acids is 1. The molecular weight excluding hydrogens is 551 g/mol. The molecule has 2 aliphatic rings. The zero-order valence-electron chi connectivity index (χ0n) is 25.7. The molecule has 0 radical (unpaired) electrons. The molecule has 3 heterocycles. The summed E-state index contributed by atoms with van der Waals surface area (Å²) in [5.41, 5.74) is 1.34. The van der Waals surface area contributed by atoms with Gasteiger partial charge in [0.1, 0.15) is 21.8 Å². The van der Waals surface area contributed by atoms with Crippen LogP contribution in [0.25, 0.3) is 6.08 Å². The van der Waals surface area contributed by atoms with Crippen molar-refractivity contribution in [2.75, 3.05) is 44.2 Å². The first-order chi connectivity index (χ1) is 19.9. The third-order valence-electron chi connectivity index (χ3n) is 8.30. The third-order valence-corrected chi connectivity index (χ3v) is 9.67. The predicted octanol–water partition coefficient (Wildman–Crippen LogP) is 6.70. The lowest BCUT2D eigenvalue weighted by molar-refractivity contribution is -0.122. The van der Waals surface area contributed by atoms with Gasteiger partial charge in [-0.3, -0.25) is 19.1 Å². The number of likely N-dealkylation sites (N-methyl/N-ethyl adjacent to an activating group) is 1. The summed E-state index contributed by atoms with van der Waals surface area (Å²) in [5, 5.41) is 9.90. The molecule has 7 nitrogen and oxygen atoms in total. The summed E-state index contributed by atoms with van der Waals surface area (Å²) in [7, 11) is 0. The molecule has 9 heteroatoms. The van der Waals surface area contributed by atoms with Crippen molar-refractivity contribution in [3.63, 3.8) is 0 Å². The van der Waals surface area contributed by atoms with Crippen LogP contribution in [0.5, 0.6) is 0 Å². The molecule has 226 valence electrons. The number of nitriles is 1. The smallest absolute Gasteiger partial charge is 0.270 e. The van der Waals surface area contributed by atoms with Crippen molar-refractivity contribution in [2.45, 2.75) is 105 Å². The van der Waals surface area contributed by atoms with E-state index < -0.39 is 0 Å². The summed E-state index contributed by atoms with van der Waals surface area (Å²) in [6.07, 6.45) is 15.1. The van der Waals surface area contributed by atoms with Crippen LogP contribution in [0.2, 0.25) is 0 Å². The summed E-state index contributed by atoms with van der Waals surface area (Å²) >= 11 is 6.97. The summed E-state index contributed by atoms with van der Waals surface area (Å²) in [4.78, 5) is 33.9. The highest BCUT2D eigenvalue weighted by atomic mass is 32.2. The number of carbonyl (C=O) groups is 1. The zero-order chi connectivity index (χ0) is 29.8. The topological polar surface area (TPSA) is 72.6 Å². The Morgan fingerprint density at radius 1 is 0.878 bits per heavy atom. The fourth-order valence-electron chi connectivity index (χ4n) is 5.77. The molecule has 1 amide bonds. The lowest BCUT2D eigenvalue weighted by atomic mass is 10.0. The number of thiocarbonyl (C=S) groups is 1. The number of hydrogen-bond acceptors (Lipinski definition) is 7. The summed E-state index contributed by atoms with van der Waals surface area (Å²) in [6.45, 7) is 13.9. The largest absolute Gasteiger partial charge is 0.355 e. The highest BCUT2D eigenvalue weighted by molar-refractivity contribution is 8.26. The molecule has 3 rings (SSSR count). The molecule has 0 aromatic carbocycles. The first-order valence-corrected chi connectivity index (χ1v) is 17.0. The fraction of sp³-hybridized carbons (Fsp3) is 0.688. The van der Waals surface area contributed by atoms with E-state index in [1.54, 1.807) is 9.47 Å². The second-order valence-electron chi connectivity index (χ2n) is 11.2. The maximum Gasteiger partial charge on any atom is 0.270 e. The lowest BCUT2D eigenvalue weighted by Gasteiger charge is -2.37. The molecule has 0 atom stereocenters. The van der Waals surface area contributed by atoms with Crippen molar-refractivity contribution < 1.29 is 4.79 Å². The van der Waals surface area contributed by atoms with Crippen molar-refractivity contribution in [3.8, 4) is 6.07 Å². The van der Waals surface area contributed by atoms with Crippen LogP contribution in [-0.4, -0.2) is 63.9 Å². The molecule has 41 heavy (non-hydrogen) atoms. The van der Waals surface area contributed by atoms with E-state index in [2.05, 4.69) is 29.7 Å². The van der Waals surface area contributed by atoms with Crippen molar-refractivity contribution in [1.29, 1.82) is 5.26 Å². The van der Waals surface area contributed by atoms with Crippen LogP contribution in [-0.2, 0) is 11.3 Å². The minimum Gasteiger partial charge on any atom is -0.355 e. The van der Waals surface area contributed by atoms with E-state index in [-0.39, 0.29) is 17.0 Å². The van der Waals surface area contributed by atoms with E-state index >= 15 is 0 Å². The normalized spacial score (nSPS) is 17.2. The van der Waals surface area contributed by atoms with E-state index in [9.17, 15) is 14.9 Å². The lowest BCUT2D eigenvalue weighted by Crippen LogP contribution is -2.48. The highest BCUT2D eigenvalue weighted by Gasteiger charge is 2.33. The predicted molar refractivity (Wildman–Crippen MR) is 176 cm³/mol. The third kappa shape index (κ3) is 8.68. The van der Waals surface area contributed by atoms with Crippen LogP contribution in [0.4, 0.5) is 5.82 Å². The van der Waals surface area contributed by atoms with E-state index in [4.69, 9.17) is 12.2 Å². The Balaban J connectivity index is 1.76. The molecule has 0 unspecified atom stereocenters. The van der Waals surface area contributed by atoms with Crippen molar-refractivity contribution in [1.82, 2.24) is 14.4 Å². The van der Waals surface area contributed by atoms with Gasteiger partial charge in [0.25, 0.3) is 11.5 Å². The Labute approximate surface area is 256 Å². The molecule has 2 aliphatic heterocycles. The standard InChI is InChI=1S/C32H49N5O2S2/c1-5-8-9-10-11-12-13-14-15-16-18-37-31(39)28(41-32(37)40)23-26-25(4)27(24-33)30(38)36(17-6-2)29(26)35-21-19-34(7-3)20-22-35/h23H,5-22H2,1-4H3. The Bertz CT molecular complexity index is 1180. The average molecular weight is 600 g/mol. The first kappa shape index (κ1) is 33.4. The number of pyridine rings is 1. The van der Waals surface area contributed by atoms with Gasteiger partial charge in [-0.15, -0.1) is 0 Å². The SMILES string of the molecule is CCCCCCCCCCCCN1C(=O)C(=Cc2c(C)c(C#N)c(=O)n(CCC)c2N2CCN(CC)CC2)SC1=S. The number of rotatable bonds is 16. The summed E-state index contributed by atoms with van der Waals surface area (Å²) < 4.78 is 2.35. The second kappa shape index (κ2) is 17.1. The van der Waals surface area contributed by atoms with Crippen LogP contribution in [0.1, 0.15) is 108 Å². The average Bonchev–Trinajstić information content (AvgIpc) is 3.24. The molecule has 0 spiro atoms. The number of nitrogens with zero attached hydrogens (tertiary/aromatic N) is 5. The van der Waals surface area contributed by atoms with Gasteiger partial charge in [-0.2, -0.15) is 5.26 Å². The Hall–Kier alpha value is -2.15. The molecule has 2 saturated heterocycles. The minimum atomic E-state index is -0.245. The van der Waals surface area contributed by atoms with Crippen LogP contribution in [0, 0.1) is 18.3 Å². The van der Waals surface area contributed by atoms with Gasteiger partial charge >= 0.3 is 0 Å². The van der Waals surface area contributed by atoms with Gasteiger partial charge in [0.2, 0.25) is 0 Å². The van der Waals surface area contributed by atoms with E-state index in [0.29, 0.717) is 27.9 Å². The number of aromatic nitrogens is 1. The summed E-state index contributed by atoms with van der Waals surface area (Å²) in [5.74, 6) is 0.757. The van der Waals surface area contributed by atoms with Gasteiger partial charge in [0.05, 0.1) is 4.91 Å². The van der Waals surface area contributed by atoms with Gasteiger partial charge in [-0.1, -0.05) is 103 Å². The number of thioether (sulfide) groups is 1. The minimum absolute atomic E-state index is 0.0659. The summed E-state index contributed by atoms with van der Waals surface area (Å²) in [6, 6.07) is 2.15. The quantitative estimate of drug-likeness (QED) is 0.119. The second-order valence-corrected chi connectivity index (χ2v) is 12.9. The molecule has 1 aromatic heterocycles. The maximum absolute atomic E-state index is 13.5. The Morgan fingerprint density at radius 2 is 1.49 bits per heavy atom. The van der Waals surface area contributed by atoms with Gasteiger partial charge in [0.15, 0.2) is 0 Å². The monoisotopic (exact) mass is 599 g/mol. The van der Waals surface area contributed by atoms with Crippen molar-refractivity contribution >= 4 is 46.1 Å². The molecule has 2 fully saturated rings. The van der Waals surface area contributed by atoms with Gasteiger partial charge in [0, 0.05) is 44.8 Å². The molecule has 0 saturated carbocycles. The number of anilines is 1. The molecular formula is C32H49N5O2S2. The van der Waals surface area contributed by atoms with Crippen LogP contribution in [0.3, 0.4) is 0 Å². The number of hydrogen-bond donors (Lipinski definition) is 0. The first-order valence-electron chi connectivity index (χ1n) is 15.8. The Kier molecular flexibility index (Phi) is 13.9. The number of unbranched alkanes of at least 4 members (excludes halogenated alkanes) is 9. The molecule has 0 bridgehead atoms. The van der Waals surface area contributed by atoms with E-state index in [1.807, 2.05) is 19.9 Å². The van der Waals surface area contributed by atoms with Gasteiger partial charge in [-0.05, 0) is 37.9 Å². The maximum atomic E-state index is 13.5. The van der Waals surface area contributed by atoms with Gasteiger partial charge in [-0.25, -0.2) is 0 Å². The number of amides is 1. The zero-order valence-corrected chi connectivity index (χ0v) is 27.3. The van der Waals surface area contributed by atoms with Crippen LogP contribution in [0.15, 0.2) is 9.70 Å². The molecule has 0 aliphatic carbocycles.